The van der Waals surface area contributed by atoms with Crippen molar-refractivity contribution in [3.8, 4) is 5.75 Å². The summed E-state index contributed by atoms with van der Waals surface area (Å²) in [6.07, 6.45) is -0.797. The van der Waals surface area contributed by atoms with Gasteiger partial charge in [-0.05, 0) is 31.2 Å². The van der Waals surface area contributed by atoms with Crippen molar-refractivity contribution in [1.82, 2.24) is 0 Å². The van der Waals surface area contributed by atoms with E-state index >= 15 is 0 Å². The van der Waals surface area contributed by atoms with Crippen molar-refractivity contribution in [3.05, 3.63) is 71.5 Å². The Balaban J connectivity index is 1.80. The Kier molecular flexibility index (Phi) is 4.67. The average molecular weight is 344 g/mol. The van der Waals surface area contributed by atoms with Crippen molar-refractivity contribution >= 4 is 34.0 Å². The fourth-order valence-electron chi connectivity index (χ4n) is 2.38. The zero-order valence-corrected chi connectivity index (χ0v) is 13.7. The molecule has 0 heterocycles. The van der Waals surface area contributed by atoms with Gasteiger partial charge in [0.25, 0.3) is 5.91 Å². The number of hydrogen-bond acceptors (Lipinski definition) is 2. The molecule has 0 radical (unpaired) electrons. The molecule has 0 aliphatic rings. The number of carbonyl (C=O) groups is 1. The minimum Gasteiger partial charge on any atom is -0.480 e. The third-order valence-corrected chi connectivity index (χ3v) is 3.97. The molecule has 0 saturated heterocycles. The maximum atomic E-state index is 13.6. The van der Waals surface area contributed by atoms with Crippen LogP contribution in [-0.2, 0) is 4.79 Å². The van der Waals surface area contributed by atoms with Gasteiger partial charge in [-0.1, -0.05) is 48.0 Å². The second kappa shape index (κ2) is 6.89. The number of anilines is 1. The fraction of sp³-hybridized carbons (Fsp3) is 0.105. The highest BCUT2D eigenvalue weighted by molar-refractivity contribution is 6.35. The van der Waals surface area contributed by atoms with E-state index in [0.717, 1.165) is 10.8 Å². The molecule has 3 aromatic rings. The molecule has 5 heteroatoms. The van der Waals surface area contributed by atoms with Crippen molar-refractivity contribution in [2.75, 3.05) is 5.32 Å². The Morgan fingerprint density at radius 2 is 1.71 bits per heavy atom. The van der Waals surface area contributed by atoms with Crippen LogP contribution in [0.4, 0.5) is 10.1 Å². The van der Waals surface area contributed by atoms with Crippen LogP contribution in [0.3, 0.4) is 0 Å². The lowest BCUT2D eigenvalue weighted by Crippen LogP contribution is -2.30. The number of ether oxygens (including phenoxy) is 1. The number of para-hydroxylation sites is 1. The number of nitrogens with one attached hydrogen (secondary N) is 1. The van der Waals surface area contributed by atoms with Crippen molar-refractivity contribution in [1.29, 1.82) is 0 Å². The second-order valence-electron chi connectivity index (χ2n) is 5.32. The standard InChI is InChI=1S/C19H15ClFNO2/c1-12(19(23)22-17-9-5-4-8-16(17)21)24-18-11-10-15(20)13-6-2-3-7-14(13)18/h2-12H,1H3,(H,22,23)/t12-/m0/s1. The third kappa shape index (κ3) is 3.34. The molecular weight excluding hydrogens is 329 g/mol. The monoisotopic (exact) mass is 343 g/mol. The molecule has 3 aromatic carbocycles. The van der Waals surface area contributed by atoms with E-state index in [1.807, 2.05) is 24.3 Å². The summed E-state index contributed by atoms with van der Waals surface area (Å²) >= 11 is 6.18. The first-order chi connectivity index (χ1) is 11.6. The Bertz CT molecular complexity index is 897. The molecule has 0 aliphatic carbocycles. The van der Waals surface area contributed by atoms with Crippen LogP contribution < -0.4 is 10.1 Å². The van der Waals surface area contributed by atoms with Gasteiger partial charge < -0.3 is 10.1 Å². The minimum absolute atomic E-state index is 0.124. The van der Waals surface area contributed by atoms with Crippen LogP contribution in [0.5, 0.6) is 5.75 Å². The van der Waals surface area contributed by atoms with E-state index in [0.29, 0.717) is 10.8 Å². The van der Waals surface area contributed by atoms with E-state index in [1.54, 1.807) is 31.2 Å². The Morgan fingerprint density at radius 1 is 1.04 bits per heavy atom. The van der Waals surface area contributed by atoms with Crippen molar-refractivity contribution in [3.63, 3.8) is 0 Å². The molecule has 0 spiro atoms. The van der Waals surface area contributed by atoms with E-state index < -0.39 is 17.8 Å². The molecule has 24 heavy (non-hydrogen) atoms. The largest absolute Gasteiger partial charge is 0.480 e. The molecule has 0 unspecified atom stereocenters. The van der Waals surface area contributed by atoms with Crippen molar-refractivity contribution in [2.45, 2.75) is 13.0 Å². The number of halogens is 2. The molecule has 0 fully saturated rings. The van der Waals surface area contributed by atoms with Gasteiger partial charge in [0, 0.05) is 15.8 Å². The minimum atomic E-state index is -0.797. The van der Waals surface area contributed by atoms with Gasteiger partial charge in [0.05, 0.1) is 5.69 Å². The quantitative estimate of drug-likeness (QED) is 0.720. The lowest BCUT2D eigenvalue weighted by atomic mass is 10.1. The Labute approximate surface area is 144 Å². The summed E-state index contributed by atoms with van der Waals surface area (Å²) in [7, 11) is 0. The highest BCUT2D eigenvalue weighted by Crippen LogP contribution is 2.31. The van der Waals surface area contributed by atoms with Crippen LogP contribution in [0.2, 0.25) is 5.02 Å². The van der Waals surface area contributed by atoms with Gasteiger partial charge in [0.2, 0.25) is 0 Å². The van der Waals surface area contributed by atoms with E-state index in [4.69, 9.17) is 16.3 Å². The predicted octanol–water partition coefficient (Wildman–Crippen LogP) is 5.04. The normalized spacial score (nSPS) is 12.0. The van der Waals surface area contributed by atoms with Gasteiger partial charge in [-0.15, -0.1) is 0 Å². The average Bonchev–Trinajstić information content (AvgIpc) is 2.59. The molecule has 0 saturated carbocycles. The van der Waals surface area contributed by atoms with E-state index in [1.165, 1.54) is 12.1 Å². The molecule has 122 valence electrons. The summed E-state index contributed by atoms with van der Waals surface area (Å²) in [5.74, 6) is -0.375. The highest BCUT2D eigenvalue weighted by Gasteiger charge is 2.17. The second-order valence-corrected chi connectivity index (χ2v) is 5.73. The molecule has 3 nitrogen and oxygen atoms in total. The zero-order chi connectivity index (χ0) is 17.1. The summed E-state index contributed by atoms with van der Waals surface area (Å²) in [5.41, 5.74) is 0.124. The lowest BCUT2D eigenvalue weighted by Gasteiger charge is -2.17. The summed E-state index contributed by atoms with van der Waals surface area (Å²) in [4.78, 5) is 12.2. The summed E-state index contributed by atoms with van der Waals surface area (Å²) in [5, 5.41) is 4.80. The smallest absolute Gasteiger partial charge is 0.265 e. The first-order valence-electron chi connectivity index (χ1n) is 7.45. The molecule has 1 atom stereocenters. The molecule has 0 bridgehead atoms. The van der Waals surface area contributed by atoms with E-state index in [2.05, 4.69) is 5.32 Å². The van der Waals surface area contributed by atoms with Gasteiger partial charge >= 0.3 is 0 Å². The molecule has 1 N–H and O–H groups in total. The first kappa shape index (κ1) is 16.3. The maximum Gasteiger partial charge on any atom is 0.265 e. The number of rotatable bonds is 4. The van der Waals surface area contributed by atoms with Crippen LogP contribution in [-0.4, -0.2) is 12.0 Å². The lowest BCUT2D eigenvalue weighted by molar-refractivity contribution is -0.122. The zero-order valence-electron chi connectivity index (χ0n) is 12.9. The molecular formula is C19H15ClFNO2. The van der Waals surface area contributed by atoms with Crippen molar-refractivity contribution in [2.24, 2.45) is 0 Å². The SMILES string of the molecule is C[C@H](Oc1ccc(Cl)c2ccccc12)C(=O)Nc1ccccc1F. The van der Waals surface area contributed by atoms with Crippen LogP contribution in [0, 0.1) is 5.82 Å². The number of benzene rings is 3. The highest BCUT2D eigenvalue weighted by atomic mass is 35.5. The molecule has 0 aromatic heterocycles. The predicted molar refractivity (Wildman–Crippen MR) is 94.1 cm³/mol. The van der Waals surface area contributed by atoms with E-state index in [-0.39, 0.29) is 5.69 Å². The fourth-order valence-corrected chi connectivity index (χ4v) is 2.61. The van der Waals surface area contributed by atoms with Gasteiger partial charge in [0.1, 0.15) is 11.6 Å². The molecule has 0 aliphatic heterocycles. The maximum absolute atomic E-state index is 13.6. The van der Waals surface area contributed by atoms with E-state index in [9.17, 15) is 9.18 Å². The van der Waals surface area contributed by atoms with Crippen LogP contribution in [0.15, 0.2) is 60.7 Å². The Hall–Kier alpha value is -2.59. The first-order valence-corrected chi connectivity index (χ1v) is 7.83. The summed E-state index contributed by atoms with van der Waals surface area (Å²) in [6, 6.07) is 16.9. The number of amides is 1. The van der Waals surface area contributed by atoms with Crippen LogP contribution in [0.1, 0.15) is 6.92 Å². The van der Waals surface area contributed by atoms with Crippen LogP contribution in [0.25, 0.3) is 10.8 Å². The number of hydrogen-bond donors (Lipinski definition) is 1. The number of fused-ring (bicyclic) bond motifs is 1. The van der Waals surface area contributed by atoms with Gasteiger partial charge in [0.15, 0.2) is 6.10 Å². The number of carbonyl (C=O) groups excluding carboxylic acids is 1. The summed E-state index contributed by atoms with van der Waals surface area (Å²) < 4.78 is 19.4. The molecule has 1 amide bonds. The Morgan fingerprint density at radius 3 is 2.46 bits per heavy atom. The van der Waals surface area contributed by atoms with Gasteiger partial charge in [-0.25, -0.2) is 4.39 Å². The van der Waals surface area contributed by atoms with Gasteiger partial charge in [-0.2, -0.15) is 0 Å². The van der Waals surface area contributed by atoms with Crippen LogP contribution >= 0.6 is 11.6 Å². The summed E-state index contributed by atoms with van der Waals surface area (Å²) in [6.45, 7) is 1.61. The third-order valence-electron chi connectivity index (χ3n) is 3.64. The topological polar surface area (TPSA) is 38.3 Å². The van der Waals surface area contributed by atoms with Gasteiger partial charge in [-0.3, -0.25) is 4.79 Å². The molecule has 3 rings (SSSR count). The van der Waals surface area contributed by atoms with Crippen molar-refractivity contribution < 1.29 is 13.9 Å².